The normalized spacial score (nSPS) is 12.0. The predicted octanol–water partition coefficient (Wildman–Crippen LogP) is 4.51. The molecule has 0 aromatic heterocycles. The first-order chi connectivity index (χ1) is 13.6. The van der Waals surface area contributed by atoms with Crippen LogP contribution in [-0.4, -0.2) is 26.1 Å². The molecule has 0 heterocycles. The van der Waals surface area contributed by atoms with E-state index < -0.39 is 0 Å². The monoisotopic (exact) mass is 403 g/mol. The summed E-state index contributed by atoms with van der Waals surface area (Å²) in [5.74, 6) is 0.590. The maximum absolute atomic E-state index is 13.3. The summed E-state index contributed by atoms with van der Waals surface area (Å²) in [7, 11) is 1.58. The van der Waals surface area contributed by atoms with Crippen molar-refractivity contribution in [3.63, 3.8) is 0 Å². The maximum atomic E-state index is 13.3. The van der Waals surface area contributed by atoms with Crippen LogP contribution in [0.1, 0.15) is 51.1 Å². The Kier molecular flexibility index (Phi) is 9.32. The lowest BCUT2D eigenvalue weighted by atomic mass is 10.0. The number of halogens is 1. The standard InChI is InChI=1S/C23H31ClN2O2/c1-4-6-15-26(16-7-5-2)22(18-11-9-8-10-12-18)23(27)25-19-13-14-21(28-3)20(24)17-19/h8-14,17,22H,4-7,15-16H2,1-3H3,(H,25,27)/p+1/t22-/m0/s1. The van der Waals surface area contributed by atoms with Gasteiger partial charge in [-0.15, -0.1) is 0 Å². The molecule has 2 aromatic carbocycles. The number of hydrogen-bond donors (Lipinski definition) is 2. The van der Waals surface area contributed by atoms with E-state index in [9.17, 15) is 4.79 Å². The van der Waals surface area contributed by atoms with Gasteiger partial charge in [0.2, 0.25) is 0 Å². The number of methoxy groups -OCH3 is 1. The zero-order valence-electron chi connectivity index (χ0n) is 17.1. The third-order valence-corrected chi connectivity index (χ3v) is 5.22. The number of anilines is 1. The zero-order chi connectivity index (χ0) is 20.4. The molecule has 0 spiro atoms. The maximum Gasteiger partial charge on any atom is 0.287 e. The second kappa shape index (κ2) is 11.7. The van der Waals surface area contributed by atoms with E-state index in [0.29, 0.717) is 16.5 Å². The summed E-state index contributed by atoms with van der Waals surface area (Å²) in [4.78, 5) is 14.7. The summed E-state index contributed by atoms with van der Waals surface area (Å²) in [6, 6.07) is 15.1. The molecule has 0 aliphatic carbocycles. The Balaban J connectivity index is 2.28. The van der Waals surface area contributed by atoms with E-state index >= 15 is 0 Å². The van der Waals surface area contributed by atoms with Crippen molar-refractivity contribution < 1.29 is 14.4 Å². The summed E-state index contributed by atoms with van der Waals surface area (Å²) >= 11 is 6.23. The predicted molar refractivity (Wildman–Crippen MR) is 116 cm³/mol. The molecular weight excluding hydrogens is 372 g/mol. The van der Waals surface area contributed by atoms with Crippen LogP contribution in [0.25, 0.3) is 0 Å². The molecule has 2 N–H and O–H groups in total. The number of hydrogen-bond acceptors (Lipinski definition) is 2. The van der Waals surface area contributed by atoms with Crippen molar-refractivity contribution in [1.29, 1.82) is 0 Å². The number of carbonyl (C=O) groups excluding carboxylic acids is 1. The third-order valence-electron chi connectivity index (χ3n) is 4.93. The Bertz CT molecular complexity index is 729. The largest absolute Gasteiger partial charge is 0.495 e. The summed E-state index contributed by atoms with van der Waals surface area (Å²) in [5.41, 5.74) is 1.73. The Morgan fingerprint density at radius 3 is 2.25 bits per heavy atom. The molecule has 0 aliphatic rings. The fourth-order valence-electron chi connectivity index (χ4n) is 3.40. The summed E-state index contributed by atoms with van der Waals surface area (Å²) < 4.78 is 5.20. The molecule has 0 aliphatic heterocycles. The van der Waals surface area contributed by atoms with Gasteiger partial charge >= 0.3 is 0 Å². The number of rotatable bonds is 11. The first-order valence-corrected chi connectivity index (χ1v) is 10.5. The molecule has 1 amide bonds. The molecule has 152 valence electrons. The average molecular weight is 404 g/mol. The number of unbranched alkanes of at least 4 members (excludes halogenated alkanes) is 2. The Labute approximate surface area is 173 Å². The zero-order valence-corrected chi connectivity index (χ0v) is 17.9. The average Bonchev–Trinajstić information content (AvgIpc) is 2.70. The highest BCUT2D eigenvalue weighted by atomic mass is 35.5. The van der Waals surface area contributed by atoms with Gasteiger partial charge in [0.1, 0.15) is 5.75 Å². The highest BCUT2D eigenvalue weighted by molar-refractivity contribution is 6.32. The number of nitrogens with one attached hydrogen (secondary N) is 2. The number of ether oxygens (including phenoxy) is 1. The SMILES string of the molecule is CCCC[NH+](CCCC)[C@H](C(=O)Nc1ccc(OC)c(Cl)c1)c1ccccc1. The minimum Gasteiger partial charge on any atom is -0.495 e. The molecule has 4 nitrogen and oxygen atoms in total. The van der Waals surface area contributed by atoms with E-state index in [0.717, 1.165) is 44.3 Å². The summed E-state index contributed by atoms with van der Waals surface area (Å²) in [5, 5.41) is 3.55. The van der Waals surface area contributed by atoms with Crippen molar-refractivity contribution in [3.8, 4) is 5.75 Å². The van der Waals surface area contributed by atoms with Crippen molar-refractivity contribution in [2.24, 2.45) is 0 Å². The van der Waals surface area contributed by atoms with E-state index in [2.05, 4.69) is 19.2 Å². The van der Waals surface area contributed by atoms with Crippen LogP contribution in [0.2, 0.25) is 5.02 Å². The van der Waals surface area contributed by atoms with Gasteiger partial charge in [0, 0.05) is 11.3 Å². The van der Waals surface area contributed by atoms with Crippen molar-refractivity contribution in [3.05, 3.63) is 59.1 Å². The van der Waals surface area contributed by atoms with Gasteiger partial charge in [-0.3, -0.25) is 4.79 Å². The number of amides is 1. The quantitative estimate of drug-likeness (QED) is 0.579. The molecule has 0 radical (unpaired) electrons. The van der Waals surface area contributed by atoms with Gasteiger partial charge in [-0.25, -0.2) is 0 Å². The van der Waals surface area contributed by atoms with Crippen LogP contribution < -0.4 is 15.0 Å². The summed E-state index contributed by atoms with van der Waals surface area (Å²) in [6.45, 7) is 6.34. The number of quaternary nitrogens is 1. The van der Waals surface area contributed by atoms with Crippen LogP contribution in [0.3, 0.4) is 0 Å². The molecule has 0 bridgehead atoms. The summed E-state index contributed by atoms with van der Waals surface area (Å²) in [6.07, 6.45) is 4.44. The van der Waals surface area contributed by atoms with E-state index in [1.807, 2.05) is 36.4 Å². The molecule has 5 heteroatoms. The lowest BCUT2D eigenvalue weighted by molar-refractivity contribution is -0.922. The fourth-order valence-corrected chi connectivity index (χ4v) is 3.66. The van der Waals surface area contributed by atoms with Crippen molar-refractivity contribution in [2.75, 3.05) is 25.5 Å². The lowest BCUT2D eigenvalue weighted by Crippen LogP contribution is -3.13. The van der Waals surface area contributed by atoms with E-state index in [-0.39, 0.29) is 11.9 Å². The van der Waals surface area contributed by atoms with Gasteiger partial charge in [-0.2, -0.15) is 0 Å². The molecule has 28 heavy (non-hydrogen) atoms. The van der Waals surface area contributed by atoms with Gasteiger partial charge in [0.15, 0.2) is 6.04 Å². The number of benzene rings is 2. The van der Waals surface area contributed by atoms with Gasteiger partial charge in [-0.1, -0.05) is 68.6 Å². The van der Waals surface area contributed by atoms with Crippen LogP contribution in [0.5, 0.6) is 5.75 Å². The van der Waals surface area contributed by atoms with Crippen LogP contribution in [0.15, 0.2) is 48.5 Å². The van der Waals surface area contributed by atoms with Gasteiger partial charge in [0.05, 0.1) is 25.2 Å². The van der Waals surface area contributed by atoms with Crippen LogP contribution in [0, 0.1) is 0 Å². The molecule has 0 saturated heterocycles. The van der Waals surface area contributed by atoms with Crippen LogP contribution in [-0.2, 0) is 4.79 Å². The Hall–Kier alpha value is -2.04. The molecule has 2 aromatic rings. The second-order valence-corrected chi connectivity index (χ2v) is 7.45. The van der Waals surface area contributed by atoms with Crippen LogP contribution >= 0.6 is 11.6 Å². The highest BCUT2D eigenvalue weighted by Gasteiger charge is 2.31. The minimum absolute atomic E-state index is 0.00496. The van der Waals surface area contributed by atoms with E-state index in [1.54, 1.807) is 19.2 Å². The van der Waals surface area contributed by atoms with E-state index in [1.165, 1.54) is 4.90 Å². The molecule has 2 rings (SSSR count). The van der Waals surface area contributed by atoms with Crippen molar-refractivity contribution in [2.45, 2.75) is 45.6 Å². The second-order valence-electron chi connectivity index (χ2n) is 7.05. The Morgan fingerprint density at radius 1 is 1.07 bits per heavy atom. The molecule has 0 saturated carbocycles. The van der Waals surface area contributed by atoms with Gasteiger partial charge in [0.25, 0.3) is 5.91 Å². The van der Waals surface area contributed by atoms with Gasteiger partial charge in [-0.05, 0) is 31.0 Å². The van der Waals surface area contributed by atoms with E-state index in [4.69, 9.17) is 16.3 Å². The molecular formula is C23H32ClN2O2+. The molecule has 1 atom stereocenters. The topological polar surface area (TPSA) is 42.8 Å². The minimum atomic E-state index is -0.250. The fraction of sp³-hybridized carbons (Fsp3) is 0.435. The van der Waals surface area contributed by atoms with Crippen molar-refractivity contribution in [1.82, 2.24) is 0 Å². The molecule has 0 fully saturated rings. The highest BCUT2D eigenvalue weighted by Crippen LogP contribution is 2.27. The van der Waals surface area contributed by atoms with Crippen molar-refractivity contribution >= 4 is 23.2 Å². The first-order valence-electron chi connectivity index (χ1n) is 10.1. The smallest absolute Gasteiger partial charge is 0.287 e. The third kappa shape index (κ3) is 6.25. The van der Waals surface area contributed by atoms with Crippen LogP contribution in [0.4, 0.5) is 5.69 Å². The molecule has 0 unspecified atom stereocenters. The first kappa shape index (κ1) is 22.3. The van der Waals surface area contributed by atoms with Gasteiger partial charge < -0.3 is 15.0 Å². The number of carbonyl (C=O) groups is 1. The Morgan fingerprint density at radius 2 is 1.71 bits per heavy atom. The lowest BCUT2D eigenvalue weighted by Gasteiger charge is -2.28.